The second kappa shape index (κ2) is 6.34. The molecule has 0 bridgehead atoms. The van der Waals surface area contributed by atoms with Crippen molar-refractivity contribution in [1.82, 2.24) is 5.32 Å². The summed E-state index contributed by atoms with van der Waals surface area (Å²) in [7, 11) is 0. The second-order valence-electron chi connectivity index (χ2n) is 5.71. The van der Waals surface area contributed by atoms with E-state index in [9.17, 15) is 9.18 Å². The standard InChI is InChI=1S/C19H18FNO2/c1-12-7-8-16-14(10-19(22)23-18(16)9-12)11-21-13(2)15-5-3-4-6-17(15)20/h3-10,13,21H,11H2,1-2H3/t13-/m0/s1. The normalized spacial score (nSPS) is 12.5. The van der Waals surface area contributed by atoms with E-state index in [4.69, 9.17) is 4.42 Å². The van der Waals surface area contributed by atoms with Gasteiger partial charge >= 0.3 is 5.63 Å². The molecule has 1 aromatic heterocycles. The number of aryl methyl sites for hydroxylation is 1. The summed E-state index contributed by atoms with van der Waals surface area (Å²) in [4.78, 5) is 11.7. The highest BCUT2D eigenvalue weighted by Gasteiger charge is 2.11. The van der Waals surface area contributed by atoms with Gasteiger partial charge in [-0.2, -0.15) is 0 Å². The molecule has 0 unspecified atom stereocenters. The minimum atomic E-state index is -0.376. The van der Waals surface area contributed by atoms with E-state index in [-0.39, 0.29) is 17.5 Å². The Kier molecular flexibility index (Phi) is 4.26. The number of nitrogens with one attached hydrogen (secondary N) is 1. The minimum Gasteiger partial charge on any atom is -0.423 e. The highest BCUT2D eigenvalue weighted by Crippen LogP contribution is 2.20. The fraction of sp³-hybridized carbons (Fsp3) is 0.211. The lowest BCUT2D eigenvalue weighted by atomic mass is 10.1. The van der Waals surface area contributed by atoms with Crippen LogP contribution in [0.2, 0.25) is 0 Å². The van der Waals surface area contributed by atoms with Gasteiger partial charge in [0, 0.05) is 29.6 Å². The SMILES string of the molecule is Cc1ccc2c(CN[C@@H](C)c3ccccc3F)cc(=O)oc2c1. The van der Waals surface area contributed by atoms with Crippen LogP contribution >= 0.6 is 0 Å². The van der Waals surface area contributed by atoms with E-state index in [0.29, 0.717) is 17.7 Å². The van der Waals surface area contributed by atoms with E-state index in [1.54, 1.807) is 12.1 Å². The van der Waals surface area contributed by atoms with Crippen LogP contribution in [0.15, 0.2) is 57.7 Å². The van der Waals surface area contributed by atoms with Crippen LogP contribution in [0.3, 0.4) is 0 Å². The molecular formula is C19H18FNO2. The molecule has 0 aliphatic carbocycles. The van der Waals surface area contributed by atoms with Gasteiger partial charge in [0.25, 0.3) is 0 Å². The molecule has 0 saturated carbocycles. The number of fused-ring (bicyclic) bond motifs is 1. The first-order valence-electron chi connectivity index (χ1n) is 7.56. The van der Waals surface area contributed by atoms with Gasteiger partial charge in [-0.25, -0.2) is 9.18 Å². The molecule has 2 aromatic carbocycles. The van der Waals surface area contributed by atoms with Crippen LogP contribution in [0, 0.1) is 12.7 Å². The molecule has 3 nitrogen and oxygen atoms in total. The molecule has 0 aliphatic heterocycles. The summed E-state index contributed by atoms with van der Waals surface area (Å²) in [5.41, 5.74) is 2.69. The average molecular weight is 311 g/mol. The van der Waals surface area contributed by atoms with Crippen molar-refractivity contribution in [3.05, 3.63) is 81.5 Å². The van der Waals surface area contributed by atoms with E-state index in [1.807, 2.05) is 38.1 Å². The number of hydrogen-bond acceptors (Lipinski definition) is 3. The highest BCUT2D eigenvalue weighted by molar-refractivity contribution is 5.80. The molecule has 1 N–H and O–H groups in total. The molecule has 0 aliphatic rings. The second-order valence-corrected chi connectivity index (χ2v) is 5.71. The Labute approximate surface area is 133 Å². The van der Waals surface area contributed by atoms with Gasteiger partial charge in [0.1, 0.15) is 11.4 Å². The lowest BCUT2D eigenvalue weighted by molar-refractivity contribution is 0.523. The Morgan fingerprint density at radius 3 is 2.74 bits per heavy atom. The third-order valence-corrected chi connectivity index (χ3v) is 3.96. The summed E-state index contributed by atoms with van der Waals surface area (Å²) in [6, 6.07) is 13.8. The Hall–Kier alpha value is -2.46. The van der Waals surface area contributed by atoms with Crippen LogP contribution in [0.25, 0.3) is 11.0 Å². The van der Waals surface area contributed by atoms with Gasteiger partial charge in [-0.05, 0) is 37.1 Å². The highest BCUT2D eigenvalue weighted by atomic mass is 19.1. The molecule has 4 heteroatoms. The van der Waals surface area contributed by atoms with Crippen molar-refractivity contribution in [1.29, 1.82) is 0 Å². The van der Waals surface area contributed by atoms with Crippen LogP contribution < -0.4 is 10.9 Å². The van der Waals surface area contributed by atoms with Crippen molar-refractivity contribution in [3.63, 3.8) is 0 Å². The van der Waals surface area contributed by atoms with Gasteiger partial charge in [-0.3, -0.25) is 0 Å². The van der Waals surface area contributed by atoms with Crippen LogP contribution in [-0.2, 0) is 6.54 Å². The maximum Gasteiger partial charge on any atom is 0.336 e. The summed E-state index contributed by atoms with van der Waals surface area (Å²) < 4.78 is 19.1. The Morgan fingerprint density at radius 1 is 1.17 bits per heavy atom. The van der Waals surface area contributed by atoms with E-state index in [2.05, 4.69) is 5.32 Å². The summed E-state index contributed by atoms with van der Waals surface area (Å²) in [5, 5.41) is 4.16. The molecule has 0 spiro atoms. The van der Waals surface area contributed by atoms with Crippen LogP contribution in [0.5, 0.6) is 0 Å². The Balaban J connectivity index is 1.87. The van der Waals surface area contributed by atoms with Gasteiger partial charge < -0.3 is 9.73 Å². The van der Waals surface area contributed by atoms with Crippen molar-refractivity contribution >= 4 is 11.0 Å². The Bertz CT molecular complexity index is 901. The number of hydrogen-bond donors (Lipinski definition) is 1. The van der Waals surface area contributed by atoms with Crippen LogP contribution in [-0.4, -0.2) is 0 Å². The zero-order valence-electron chi connectivity index (χ0n) is 13.1. The molecule has 23 heavy (non-hydrogen) atoms. The molecule has 0 saturated heterocycles. The average Bonchev–Trinajstić information content (AvgIpc) is 2.52. The molecule has 1 heterocycles. The zero-order valence-corrected chi connectivity index (χ0v) is 13.1. The van der Waals surface area contributed by atoms with Gasteiger partial charge in [-0.15, -0.1) is 0 Å². The van der Waals surface area contributed by atoms with E-state index in [0.717, 1.165) is 16.5 Å². The van der Waals surface area contributed by atoms with E-state index >= 15 is 0 Å². The molecule has 3 rings (SSSR count). The molecule has 1 atom stereocenters. The summed E-state index contributed by atoms with van der Waals surface area (Å²) in [5.74, 6) is -0.236. The van der Waals surface area contributed by atoms with E-state index in [1.165, 1.54) is 12.1 Å². The zero-order chi connectivity index (χ0) is 16.4. The molecule has 0 amide bonds. The lowest BCUT2D eigenvalue weighted by Gasteiger charge is -2.15. The maximum atomic E-state index is 13.8. The van der Waals surface area contributed by atoms with Gasteiger partial charge in [-0.1, -0.05) is 30.3 Å². The molecule has 118 valence electrons. The van der Waals surface area contributed by atoms with Crippen molar-refractivity contribution in [2.75, 3.05) is 0 Å². The first-order chi connectivity index (χ1) is 11.0. The molecular weight excluding hydrogens is 293 g/mol. The largest absolute Gasteiger partial charge is 0.423 e. The number of benzene rings is 2. The minimum absolute atomic E-state index is 0.163. The smallest absolute Gasteiger partial charge is 0.336 e. The van der Waals surface area contributed by atoms with Crippen molar-refractivity contribution in [3.8, 4) is 0 Å². The first kappa shape index (κ1) is 15.4. The van der Waals surface area contributed by atoms with Crippen molar-refractivity contribution < 1.29 is 8.81 Å². The predicted octanol–water partition coefficient (Wildman–Crippen LogP) is 4.09. The summed E-state index contributed by atoms with van der Waals surface area (Å²) >= 11 is 0. The number of rotatable bonds is 4. The molecule has 0 radical (unpaired) electrons. The van der Waals surface area contributed by atoms with Gasteiger partial charge in [0.05, 0.1) is 0 Å². The quantitative estimate of drug-likeness (QED) is 0.738. The fourth-order valence-corrected chi connectivity index (χ4v) is 2.68. The van der Waals surface area contributed by atoms with E-state index < -0.39 is 0 Å². The number of halogens is 1. The first-order valence-corrected chi connectivity index (χ1v) is 7.56. The van der Waals surface area contributed by atoms with Crippen LogP contribution in [0.4, 0.5) is 4.39 Å². The Morgan fingerprint density at radius 2 is 1.96 bits per heavy atom. The van der Waals surface area contributed by atoms with Crippen molar-refractivity contribution in [2.45, 2.75) is 26.4 Å². The topological polar surface area (TPSA) is 42.2 Å². The monoisotopic (exact) mass is 311 g/mol. The lowest BCUT2D eigenvalue weighted by Crippen LogP contribution is -2.20. The molecule has 3 aromatic rings. The third kappa shape index (κ3) is 3.32. The summed E-state index contributed by atoms with van der Waals surface area (Å²) in [6.07, 6.45) is 0. The van der Waals surface area contributed by atoms with Gasteiger partial charge in [0.2, 0.25) is 0 Å². The van der Waals surface area contributed by atoms with Crippen molar-refractivity contribution in [2.24, 2.45) is 0 Å². The third-order valence-electron chi connectivity index (χ3n) is 3.96. The molecule has 0 fully saturated rings. The fourth-order valence-electron chi connectivity index (χ4n) is 2.68. The maximum absolute atomic E-state index is 13.8. The van der Waals surface area contributed by atoms with Crippen LogP contribution in [0.1, 0.15) is 29.7 Å². The summed E-state index contributed by atoms with van der Waals surface area (Å²) in [6.45, 7) is 4.31. The van der Waals surface area contributed by atoms with Gasteiger partial charge in [0.15, 0.2) is 0 Å². The predicted molar refractivity (Wildman–Crippen MR) is 88.9 cm³/mol.